The summed E-state index contributed by atoms with van der Waals surface area (Å²) in [5, 5.41) is 5.38. The summed E-state index contributed by atoms with van der Waals surface area (Å²) >= 11 is 0. The van der Waals surface area contributed by atoms with Crippen LogP contribution in [-0.4, -0.2) is 32.3 Å². The number of nitrogens with one attached hydrogen (secondary N) is 2. The first-order valence-electron chi connectivity index (χ1n) is 2.91. The Hall–Kier alpha value is -0.610. The summed E-state index contributed by atoms with van der Waals surface area (Å²) in [7, 11) is 1.69. The summed E-state index contributed by atoms with van der Waals surface area (Å²) in [6.45, 7) is 1.22. The lowest BCUT2D eigenvalue weighted by molar-refractivity contribution is -0.139. The van der Waals surface area contributed by atoms with Gasteiger partial charge in [-0.05, 0) is 7.05 Å². The maximum atomic E-state index is 10.7. The first kappa shape index (κ1) is 6.51. The second-order valence-corrected chi connectivity index (χ2v) is 1.83. The van der Waals surface area contributed by atoms with Gasteiger partial charge in [0.1, 0.15) is 0 Å². The van der Waals surface area contributed by atoms with E-state index in [1.165, 1.54) is 0 Å². The van der Waals surface area contributed by atoms with E-state index in [2.05, 4.69) is 10.6 Å². The lowest BCUT2D eigenvalue weighted by Gasteiger charge is -2.21. The molecule has 1 rings (SSSR count). The molecule has 0 aromatic rings. The molecule has 0 radical (unpaired) electrons. The number of amides is 1. The van der Waals surface area contributed by atoms with Crippen molar-refractivity contribution in [3.63, 3.8) is 0 Å². The average Bonchev–Trinajstić information content (AvgIpc) is 1.89. The molecule has 1 fully saturated rings. The van der Waals surface area contributed by atoms with Crippen LogP contribution in [0.2, 0.25) is 0 Å². The minimum Gasteiger partial charge on any atom is -0.352 e. The van der Waals surface area contributed by atoms with Gasteiger partial charge >= 0.3 is 0 Å². The van der Waals surface area contributed by atoms with Crippen LogP contribution in [0.1, 0.15) is 0 Å². The van der Waals surface area contributed by atoms with E-state index < -0.39 is 6.23 Å². The Morgan fingerprint density at radius 2 is 2.67 bits per heavy atom. The van der Waals surface area contributed by atoms with Crippen LogP contribution in [0.4, 0.5) is 0 Å². The van der Waals surface area contributed by atoms with E-state index in [0.717, 1.165) is 0 Å². The van der Waals surface area contributed by atoms with Gasteiger partial charge in [-0.3, -0.25) is 10.1 Å². The number of morpholine rings is 1. The molecule has 1 amide bonds. The zero-order valence-electron chi connectivity index (χ0n) is 5.31. The van der Waals surface area contributed by atoms with Gasteiger partial charge in [0, 0.05) is 6.54 Å². The third kappa shape index (κ3) is 1.40. The number of rotatable bonds is 1. The van der Waals surface area contributed by atoms with E-state index in [0.29, 0.717) is 13.2 Å². The van der Waals surface area contributed by atoms with Crippen LogP contribution in [0, 0.1) is 0 Å². The quantitative estimate of drug-likeness (QED) is 0.463. The van der Waals surface area contributed by atoms with Crippen molar-refractivity contribution in [3.8, 4) is 0 Å². The molecule has 1 aliphatic heterocycles. The summed E-state index contributed by atoms with van der Waals surface area (Å²) in [6, 6.07) is 0. The van der Waals surface area contributed by atoms with Crippen LogP contribution in [0.25, 0.3) is 0 Å². The van der Waals surface area contributed by atoms with E-state index in [-0.39, 0.29) is 5.91 Å². The topological polar surface area (TPSA) is 50.4 Å². The second-order valence-electron chi connectivity index (χ2n) is 1.83. The lowest BCUT2D eigenvalue weighted by atomic mass is 10.4. The Labute approximate surface area is 53.6 Å². The van der Waals surface area contributed by atoms with Gasteiger partial charge in [0.05, 0.1) is 6.61 Å². The van der Waals surface area contributed by atoms with Gasteiger partial charge in [-0.15, -0.1) is 0 Å². The molecule has 4 nitrogen and oxygen atoms in total. The maximum Gasteiger partial charge on any atom is 0.264 e. The van der Waals surface area contributed by atoms with Crippen molar-refractivity contribution < 1.29 is 9.53 Å². The van der Waals surface area contributed by atoms with Crippen molar-refractivity contribution in [2.75, 3.05) is 20.2 Å². The molecule has 1 aliphatic rings. The van der Waals surface area contributed by atoms with Crippen molar-refractivity contribution in [2.45, 2.75) is 6.23 Å². The molecule has 0 saturated carbocycles. The van der Waals surface area contributed by atoms with Gasteiger partial charge in [-0.2, -0.15) is 0 Å². The summed E-state index contributed by atoms with van der Waals surface area (Å²) in [5.74, 6) is -0.0799. The van der Waals surface area contributed by atoms with Crippen LogP contribution in [0.5, 0.6) is 0 Å². The number of ether oxygens (including phenoxy) is 1. The fourth-order valence-corrected chi connectivity index (χ4v) is 0.734. The van der Waals surface area contributed by atoms with Crippen molar-refractivity contribution in [1.82, 2.24) is 10.6 Å². The molecule has 0 aromatic heterocycles. The molecule has 1 saturated heterocycles. The Kier molecular flexibility index (Phi) is 2.02. The first-order valence-corrected chi connectivity index (χ1v) is 2.91. The minimum atomic E-state index is -0.446. The highest BCUT2D eigenvalue weighted by molar-refractivity contribution is 5.80. The van der Waals surface area contributed by atoms with Crippen molar-refractivity contribution in [2.24, 2.45) is 0 Å². The average molecular weight is 130 g/mol. The molecule has 52 valence electrons. The predicted molar refractivity (Wildman–Crippen MR) is 31.8 cm³/mol. The summed E-state index contributed by atoms with van der Waals surface area (Å²) in [5.41, 5.74) is 0. The van der Waals surface area contributed by atoms with E-state index in [9.17, 15) is 4.79 Å². The van der Waals surface area contributed by atoms with Crippen molar-refractivity contribution >= 4 is 5.91 Å². The van der Waals surface area contributed by atoms with E-state index in [1.807, 2.05) is 0 Å². The molecule has 2 N–H and O–H groups in total. The number of hydrogen-bond acceptors (Lipinski definition) is 3. The Balaban J connectivity index is 2.39. The van der Waals surface area contributed by atoms with E-state index in [1.54, 1.807) is 7.05 Å². The van der Waals surface area contributed by atoms with Crippen molar-refractivity contribution in [1.29, 1.82) is 0 Å². The monoisotopic (exact) mass is 130 g/mol. The zero-order valence-corrected chi connectivity index (χ0v) is 5.31. The zero-order chi connectivity index (χ0) is 6.69. The molecule has 0 spiro atoms. The van der Waals surface area contributed by atoms with Crippen LogP contribution < -0.4 is 10.6 Å². The Bertz CT molecular complexity index is 116. The lowest BCUT2D eigenvalue weighted by Crippen LogP contribution is -2.50. The summed E-state index contributed by atoms with van der Waals surface area (Å²) in [6.07, 6.45) is -0.446. The van der Waals surface area contributed by atoms with Crippen LogP contribution in [0.15, 0.2) is 0 Å². The fraction of sp³-hybridized carbons (Fsp3) is 0.800. The van der Waals surface area contributed by atoms with Gasteiger partial charge in [0.2, 0.25) is 0 Å². The number of likely N-dealkylation sites (N-methyl/N-ethyl adjacent to an activating group) is 1. The standard InChI is InChI=1S/C5H10N2O2/c1-6-5-4(8)7-2-3-9-5/h5-6H,2-3H2,1H3,(H,7,8). The van der Waals surface area contributed by atoms with Gasteiger partial charge in [-0.1, -0.05) is 0 Å². The SMILES string of the molecule is CNC1OCCNC1=O. The number of hydrogen-bond donors (Lipinski definition) is 2. The third-order valence-electron chi connectivity index (χ3n) is 1.19. The largest absolute Gasteiger partial charge is 0.352 e. The highest BCUT2D eigenvalue weighted by Gasteiger charge is 2.19. The van der Waals surface area contributed by atoms with Gasteiger partial charge in [-0.25, -0.2) is 0 Å². The smallest absolute Gasteiger partial charge is 0.264 e. The van der Waals surface area contributed by atoms with Crippen molar-refractivity contribution in [3.05, 3.63) is 0 Å². The molecule has 0 bridgehead atoms. The molecule has 1 heterocycles. The molecule has 0 aliphatic carbocycles. The van der Waals surface area contributed by atoms with Gasteiger partial charge < -0.3 is 10.1 Å². The van der Waals surface area contributed by atoms with Crippen LogP contribution >= 0.6 is 0 Å². The van der Waals surface area contributed by atoms with E-state index >= 15 is 0 Å². The molecular formula is C5H10N2O2. The number of carbonyl (C=O) groups excluding carboxylic acids is 1. The Morgan fingerprint density at radius 1 is 1.89 bits per heavy atom. The highest BCUT2D eigenvalue weighted by atomic mass is 16.5. The maximum absolute atomic E-state index is 10.7. The van der Waals surface area contributed by atoms with Gasteiger partial charge in [0.15, 0.2) is 6.23 Å². The van der Waals surface area contributed by atoms with Crippen LogP contribution in [0.3, 0.4) is 0 Å². The second kappa shape index (κ2) is 2.80. The molecule has 4 heteroatoms. The normalized spacial score (nSPS) is 27.7. The highest BCUT2D eigenvalue weighted by Crippen LogP contribution is 1.90. The molecule has 0 aromatic carbocycles. The molecule has 9 heavy (non-hydrogen) atoms. The summed E-state index contributed by atoms with van der Waals surface area (Å²) in [4.78, 5) is 10.7. The Morgan fingerprint density at radius 3 is 3.11 bits per heavy atom. The number of carbonyl (C=O) groups is 1. The first-order chi connectivity index (χ1) is 4.34. The molecular weight excluding hydrogens is 120 g/mol. The van der Waals surface area contributed by atoms with Crippen LogP contribution in [-0.2, 0) is 9.53 Å². The molecule has 1 unspecified atom stereocenters. The third-order valence-corrected chi connectivity index (χ3v) is 1.19. The summed E-state index contributed by atoms with van der Waals surface area (Å²) < 4.78 is 5.02. The predicted octanol–water partition coefficient (Wildman–Crippen LogP) is -1.32. The van der Waals surface area contributed by atoms with Gasteiger partial charge in [0.25, 0.3) is 5.91 Å². The minimum absolute atomic E-state index is 0.0799. The van der Waals surface area contributed by atoms with E-state index in [4.69, 9.17) is 4.74 Å². The fourth-order valence-electron chi connectivity index (χ4n) is 0.734. The molecule has 1 atom stereocenters.